The number of methoxy groups -OCH3 is 1. The number of hydrogen-bond acceptors (Lipinski definition) is 4. The van der Waals surface area contributed by atoms with Gasteiger partial charge in [0.25, 0.3) is 5.91 Å². The number of amides is 2. The molecule has 1 atom stereocenters. The zero-order valence-electron chi connectivity index (χ0n) is 10.8. The van der Waals surface area contributed by atoms with Crippen LogP contribution < -0.4 is 16.2 Å². The number of anilines is 1. The van der Waals surface area contributed by atoms with Gasteiger partial charge in [-0.15, -0.1) is 0 Å². The second-order valence-electron chi connectivity index (χ2n) is 4.52. The first kappa shape index (κ1) is 13.2. The molecule has 6 heteroatoms. The van der Waals surface area contributed by atoms with Crippen LogP contribution in [-0.4, -0.2) is 36.4 Å². The fourth-order valence-electron chi connectivity index (χ4n) is 2.32. The molecule has 1 aliphatic heterocycles. The highest BCUT2D eigenvalue weighted by molar-refractivity contribution is 5.98. The summed E-state index contributed by atoms with van der Waals surface area (Å²) in [5, 5.41) is 0. The van der Waals surface area contributed by atoms with E-state index >= 15 is 0 Å². The van der Waals surface area contributed by atoms with Crippen molar-refractivity contribution in [3.8, 4) is 5.75 Å². The van der Waals surface area contributed by atoms with Gasteiger partial charge in [-0.05, 0) is 31.0 Å². The van der Waals surface area contributed by atoms with Gasteiger partial charge in [0, 0.05) is 12.1 Å². The van der Waals surface area contributed by atoms with Crippen molar-refractivity contribution in [2.24, 2.45) is 5.73 Å². The largest absolute Gasteiger partial charge is 0.495 e. The molecular formula is C13H17N3O3. The van der Waals surface area contributed by atoms with E-state index in [4.69, 9.17) is 16.2 Å². The van der Waals surface area contributed by atoms with Gasteiger partial charge in [0.2, 0.25) is 5.91 Å². The van der Waals surface area contributed by atoms with Gasteiger partial charge in [0.15, 0.2) is 0 Å². The van der Waals surface area contributed by atoms with Gasteiger partial charge in [-0.25, -0.2) is 0 Å². The number of primary amides is 1. The number of likely N-dealkylation sites (tertiary alicyclic amines) is 1. The summed E-state index contributed by atoms with van der Waals surface area (Å²) in [5.74, 6) is -0.242. The minimum atomic E-state index is -0.518. The van der Waals surface area contributed by atoms with Gasteiger partial charge >= 0.3 is 0 Å². The summed E-state index contributed by atoms with van der Waals surface area (Å²) in [6.07, 6.45) is 1.40. The quantitative estimate of drug-likeness (QED) is 0.769. The average molecular weight is 263 g/mol. The molecule has 1 aromatic rings. The van der Waals surface area contributed by atoms with Gasteiger partial charge in [-0.3, -0.25) is 9.59 Å². The molecule has 1 aliphatic rings. The van der Waals surface area contributed by atoms with Crippen molar-refractivity contribution >= 4 is 17.5 Å². The maximum Gasteiger partial charge on any atom is 0.254 e. The van der Waals surface area contributed by atoms with E-state index in [1.54, 1.807) is 18.2 Å². The molecule has 19 heavy (non-hydrogen) atoms. The smallest absolute Gasteiger partial charge is 0.254 e. The molecule has 1 aromatic carbocycles. The Morgan fingerprint density at radius 1 is 1.42 bits per heavy atom. The molecule has 6 nitrogen and oxygen atoms in total. The Hall–Kier alpha value is -2.24. The molecule has 0 bridgehead atoms. The number of ether oxygens (including phenoxy) is 1. The third-order valence-electron chi connectivity index (χ3n) is 3.32. The zero-order chi connectivity index (χ0) is 14.0. The number of hydrogen-bond donors (Lipinski definition) is 2. The minimum absolute atomic E-state index is 0.223. The third kappa shape index (κ3) is 2.47. The molecule has 1 unspecified atom stereocenters. The molecule has 1 fully saturated rings. The number of carbonyl (C=O) groups is 2. The van der Waals surface area contributed by atoms with Crippen LogP contribution in [-0.2, 0) is 4.79 Å². The monoisotopic (exact) mass is 263 g/mol. The summed E-state index contributed by atoms with van der Waals surface area (Å²) >= 11 is 0. The van der Waals surface area contributed by atoms with Gasteiger partial charge in [0.1, 0.15) is 11.8 Å². The number of benzene rings is 1. The first-order chi connectivity index (χ1) is 9.04. The van der Waals surface area contributed by atoms with Crippen LogP contribution >= 0.6 is 0 Å². The molecule has 0 saturated carbocycles. The van der Waals surface area contributed by atoms with Crippen molar-refractivity contribution in [1.82, 2.24) is 4.90 Å². The first-order valence-corrected chi connectivity index (χ1v) is 6.08. The number of nitrogen functional groups attached to an aromatic ring is 1. The van der Waals surface area contributed by atoms with E-state index in [-0.39, 0.29) is 5.91 Å². The number of nitrogens with two attached hydrogens (primary N) is 2. The fourth-order valence-corrected chi connectivity index (χ4v) is 2.32. The van der Waals surface area contributed by atoms with Gasteiger partial charge < -0.3 is 21.1 Å². The van der Waals surface area contributed by atoms with Crippen molar-refractivity contribution in [2.45, 2.75) is 18.9 Å². The Labute approximate surface area is 111 Å². The Balaban J connectivity index is 2.26. The van der Waals surface area contributed by atoms with Crippen molar-refractivity contribution in [3.63, 3.8) is 0 Å². The molecule has 1 saturated heterocycles. The SMILES string of the molecule is COc1cc(C(=O)N2CCCC2C(N)=O)ccc1N. The highest BCUT2D eigenvalue weighted by Crippen LogP contribution is 2.25. The van der Waals surface area contributed by atoms with E-state index in [1.807, 2.05) is 0 Å². The predicted molar refractivity (Wildman–Crippen MR) is 70.7 cm³/mol. The lowest BCUT2D eigenvalue weighted by molar-refractivity contribution is -0.121. The molecule has 0 spiro atoms. The van der Waals surface area contributed by atoms with Crippen molar-refractivity contribution < 1.29 is 14.3 Å². The Morgan fingerprint density at radius 3 is 2.79 bits per heavy atom. The van der Waals surface area contributed by atoms with Gasteiger partial charge in [-0.2, -0.15) is 0 Å². The summed E-state index contributed by atoms with van der Waals surface area (Å²) in [6.45, 7) is 0.541. The van der Waals surface area contributed by atoms with E-state index < -0.39 is 11.9 Å². The van der Waals surface area contributed by atoms with Crippen molar-refractivity contribution in [2.75, 3.05) is 19.4 Å². The molecule has 2 rings (SSSR count). The lowest BCUT2D eigenvalue weighted by atomic mass is 10.1. The van der Waals surface area contributed by atoms with Crippen LogP contribution in [0.5, 0.6) is 5.75 Å². The number of carbonyl (C=O) groups excluding carboxylic acids is 2. The topological polar surface area (TPSA) is 98.6 Å². The first-order valence-electron chi connectivity index (χ1n) is 6.08. The Bertz CT molecular complexity index is 516. The summed E-state index contributed by atoms with van der Waals surface area (Å²) < 4.78 is 5.09. The summed E-state index contributed by atoms with van der Waals surface area (Å²) in [5.41, 5.74) is 11.9. The van der Waals surface area contributed by atoms with E-state index in [2.05, 4.69) is 0 Å². The van der Waals surface area contributed by atoms with Crippen LogP contribution in [0.3, 0.4) is 0 Å². The lowest BCUT2D eigenvalue weighted by Crippen LogP contribution is -2.43. The molecule has 0 radical (unpaired) electrons. The van der Waals surface area contributed by atoms with Crippen LogP contribution in [0.25, 0.3) is 0 Å². The molecule has 102 valence electrons. The Morgan fingerprint density at radius 2 is 2.16 bits per heavy atom. The molecule has 4 N–H and O–H groups in total. The highest BCUT2D eigenvalue weighted by Gasteiger charge is 2.33. The third-order valence-corrected chi connectivity index (χ3v) is 3.32. The van der Waals surface area contributed by atoms with Crippen molar-refractivity contribution in [3.05, 3.63) is 23.8 Å². The van der Waals surface area contributed by atoms with Crippen LogP contribution in [0.4, 0.5) is 5.69 Å². The van der Waals surface area contributed by atoms with Gasteiger partial charge in [0.05, 0.1) is 12.8 Å². The van der Waals surface area contributed by atoms with Crippen LogP contribution in [0.15, 0.2) is 18.2 Å². The van der Waals surface area contributed by atoms with Crippen molar-refractivity contribution in [1.29, 1.82) is 0 Å². The summed E-state index contributed by atoms with van der Waals surface area (Å²) in [4.78, 5) is 25.2. The van der Waals surface area contributed by atoms with Crippen LogP contribution in [0, 0.1) is 0 Å². The fraction of sp³-hybridized carbons (Fsp3) is 0.385. The highest BCUT2D eigenvalue weighted by atomic mass is 16.5. The maximum atomic E-state index is 12.4. The van der Waals surface area contributed by atoms with E-state index in [9.17, 15) is 9.59 Å². The van der Waals surface area contributed by atoms with E-state index in [1.165, 1.54) is 12.0 Å². The molecule has 1 heterocycles. The standard InChI is InChI=1S/C13H17N3O3/c1-19-11-7-8(4-5-9(11)14)13(18)16-6-2-3-10(16)12(15)17/h4-5,7,10H,2-3,6,14H2,1H3,(H2,15,17). The molecule has 0 aromatic heterocycles. The molecular weight excluding hydrogens is 246 g/mol. The minimum Gasteiger partial charge on any atom is -0.495 e. The summed E-state index contributed by atoms with van der Waals surface area (Å²) in [7, 11) is 1.49. The van der Waals surface area contributed by atoms with Gasteiger partial charge in [-0.1, -0.05) is 0 Å². The number of rotatable bonds is 3. The van der Waals surface area contributed by atoms with Crippen LogP contribution in [0.2, 0.25) is 0 Å². The van der Waals surface area contributed by atoms with E-state index in [0.717, 1.165) is 6.42 Å². The average Bonchev–Trinajstić information content (AvgIpc) is 2.87. The molecule has 0 aliphatic carbocycles. The normalized spacial score (nSPS) is 18.4. The van der Waals surface area contributed by atoms with E-state index in [0.29, 0.717) is 30.0 Å². The summed E-state index contributed by atoms with van der Waals surface area (Å²) in [6, 6.07) is 4.29. The second kappa shape index (κ2) is 5.17. The molecule has 2 amide bonds. The van der Waals surface area contributed by atoms with Crippen LogP contribution in [0.1, 0.15) is 23.2 Å². The second-order valence-corrected chi connectivity index (χ2v) is 4.52. The lowest BCUT2D eigenvalue weighted by Gasteiger charge is -2.22. The predicted octanol–water partition coefficient (Wildman–Crippen LogP) is 0.367. The maximum absolute atomic E-state index is 12.4. The Kier molecular flexibility index (Phi) is 3.59. The zero-order valence-corrected chi connectivity index (χ0v) is 10.8. The number of nitrogens with zero attached hydrogens (tertiary/aromatic N) is 1.